The maximum absolute atomic E-state index is 4.46. The molecule has 0 saturated heterocycles. The van der Waals surface area contributed by atoms with Gasteiger partial charge in [0.05, 0.1) is 17.1 Å². The van der Waals surface area contributed by atoms with E-state index in [2.05, 4.69) is 51.4 Å². The summed E-state index contributed by atoms with van der Waals surface area (Å²) in [5, 5.41) is 16.8. The van der Waals surface area contributed by atoms with Crippen molar-refractivity contribution in [2.24, 2.45) is 7.05 Å². The molecule has 3 heterocycles. The molecule has 23 heavy (non-hydrogen) atoms. The first-order chi connectivity index (χ1) is 11.0. The smallest absolute Gasteiger partial charge is 0.163 e. The van der Waals surface area contributed by atoms with Gasteiger partial charge in [-0.05, 0) is 27.2 Å². The van der Waals surface area contributed by atoms with Crippen LogP contribution in [-0.2, 0) is 19.0 Å². The number of anilines is 1. The Bertz CT molecular complexity index is 795. The van der Waals surface area contributed by atoms with Crippen molar-refractivity contribution in [3.8, 4) is 0 Å². The fourth-order valence-electron chi connectivity index (χ4n) is 2.46. The van der Waals surface area contributed by atoms with Gasteiger partial charge in [0.2, 0.25) is 0 Å². The summed E-state index contributed by atoms with van der Waals surface area (Å²) in [5.41, 5.74) is 0.738. The molecule has 3 aromatic rings. The number of fused-ring (bicyclic) bond motifs is 1. The van der Waals surface area contributed by atoms with Crippen LogP contribution in [0.3, 0.4) is 0 Å². The van der Waals surface area contributed by atoms with E-state index in [4.69, 9.17) is 0 Å². The van der Waals surface area contributed by atoms with Crippen molar-refractivity contribution in [3.05, 3.63) is 24.7 Å². The average molecular weight is 314 g/mol. The molecule has 3 rings (SSSR count). The number of nitrogens with one attached hydrogen (secondary N) is 1. The lowest BCUT2D eigenvalue weighted by Crippen LogP contribution is -2.23. The van der Waals surface area contributed by atoms with Gasteiger partial charge in [-0.3, -0.25) is 0 Å². The molecule has 0 amide bonds. The van der Waals surface area contributed by atoms with Gasteiger partial charge in [0, 0.05) is 20.0 Å². The predicted molar refractivity (Wildman–Crippen MR) is 88.1 cm³/mol. The Morgan fingerprint density at radius 3 is 2.74 bits per heavy atom. The van der Waals surface area contributed by atoms with Crippen LogP contribution in [0.4, 0.5) is 5.82 Å². The predicted octanol–water partition coefficient (Wildman–Crippen LogP) is 1.75. The molecule has 8 nitrogen and oxygen atoms in total. The molecule has 122 valence electrons. The summed E-state index contributed by atoms with van der Waals surface area (Å²) in [5.74, 6) is 1.81. The number of nitrogens with zero attached hydrogens (tertiary/aromatic N) is 7. The van der Waals surface area contributed by atoms with E-state index in [1.165, 1.54) is 0 Å². The second-order valence-corrected chi connectivity index (χ2v) is 6.58. The lowest BCUT2D eigenvalue weighted by Gasteiger charge is -2.19. The number of rotatable bonds is 5. The fraction of sp³-hybridized carbons (Fsp3) is 0.533. The van der Waals surface area contributed by atoms with Gasteiger partial charge in [-0.15, -0.1) is 10.2 Å². The van der Waals surface area contributed by atoms with E-state index in [0.717, 1.165) is 42.1 Å². The van der Waals surface area contributed by atoms with Crippen LogP contribution in [-0.4, -0.2) is 41.1 Å². The zero-order chi connectivity index (χ0) is 16.4. The van der Waals surface area contributed by atoms with Crippen molar-refractivity contribution >= 4 is 16.9 Å². The highest BCUT2D eigenvalue weighted by atomic mass is 15.3. The first kappa shape index (κ1) is 15.4. The van der Waals surface area contributed by atoms with E-state index in [1.807, 2.05) is 22.5 Å². The van der Waals surface area contributed by atoms with E-state index in [1.54, 1.807) is 12.7 Å². The highest BCUT2D eigenvalue weighted by Crippen LogP contribution is 2.23. The third-order valence-corrected chi connectivity index (χ3v) is 3.68. The van der Waals surface area contributed by atoms with Crippen LogP contribution in [0.1, 0.15) is 33.0 Å². The number of hydrogen-bond donors (Lipinski definition) is 1. The molecule has 0 aliphatic rings. The molecule has 0 aliphatic carbocycles. The summed E-state index contributed by atoms with van der Waals surface area (Å²) in [6.07, 6.45) is 6.95. The normalized spacial score (nSPS) is 12.0. The second-order valence-electron chi connectivity index (χ2n) is 6.58. The van der Waals surface area contributed by atoms with Gasteiger partial charge in [-0.1, -0.05) is 0 Å². The van der Waals surface area contributed by atoms with Gasteiger partial charge < -0.3 is 9.88 Å². The Labute approximate surface area is 135 Å². The summed E-state index contributed by atoms with van der Waals surface area (Å²) in [7, 11) is 1.96. The van der Waals surface area contributed by atoms with Gasteiger partial charge in [0.25, 0.3) is 0 Å². The van der Waals surface area contributed by atoms with E-state index in [-0.39, 0.29) is 5.54 Å². The monoisotopic (exact) mass is 314 g/mol. The molecule has 8 heteroatoms. The molecule has 0 unspecified atom stereocenters. The summed E-state index contributed by atoms with van der Waals surface area (Å²) in [6, 6.07) is 0. The van der Waals surface area contributed by atoms with Gasteiger partial charge in [0.15, 0.2) is 5.65 Å². The molecule has 1 N–H and O–H groups in total. The van der Waals surface area contributed by atoms with Crippen LogP contribution in [0.25, 0.3) is 11.0 Å². The van der Waals surface area contributed by atoms with E-state index < -0.39 is 0 Å². The van der Waals surface area contributed by atoms with Gasteiger partial charge in [-0.2, -0.15) is 5.10 Å². The van der Waals surface area contributed by atoms with Gasteiger partial charge in [-0.25, -0.2) is 14.6 Å². The molecule has 3 aromatic heterocycles. The quantitative estimate of drug-likeness (QED) is 0.722. The molecular formula is C15H22N8. The Hall–Kier alpha value is -2.51. The number of hydrogen-bond acceptors (Lipinski definition) is 6. The van der Waals surface area contributed by atoms with Crippen LogP contribution in [0, 0.1) is 0 Å². The van der Waals surface area contributed by atoms with Gasteiger partial charge in [0.1, 0.15) is 24.3 Å². The van der Waals surface area contributed by atoms with Crippen LogP contribution >= 0.6 is 0 Å². The third kappa shape index (κ3) is 3.15. The lowest BCUT2D eigenvalue weighted by atomic mass is 10.1. The molecule has 0 bridgehead atoms. The maximum atomic E-state index is 4.46. The largest absolute Gasteiger partial charge is 0.369 e. The minimum atomic E-state index is -0.113. The summed E-state index contributed by atoms with van der Waals surface area (Å²) in [4.78, 5) is 8.72. The molecular weight excluding hydrogens is 292 g/mol. The number of aryl methyl sites for hydroxylation is 2. The highest BCUT2D eigenvalue weighted by Gasteiger charge is 2.19. The van der Waals surface area contributed by atoms with Crippen LogP contribution < -0.4 is 5.32 Å². The first-order valence-electron chi connectivity index (χ1n) is 7.73. The second kappa shape index (κ2) is 5.94. The molecule has 0 atom stereocenters. The van der Waals surface area contributed by atoms with Crippen molar-refractivity contribution in [1.29, 1.82) is 0 Å². The summed E-state index contributed by atoms with van der Waals surface area (Å²) < 4.78 is 3.87. The third-order valence-electron chi connectivity index (χ3n) is 3.68. The zero-order valence-corrected chi connectivity index (χ0v) is 14.0. The highest BCUT2D eigenvalue weighted by molar-refractivity contribution is 5.86. The molecule has 0 aromatic carbocycles. The van der Waals surface area contributed by atoms with Crippen LogP contribution in [0.2, 0.25) is 0 Å². The minimum absolute atomic E-state index is 0.113. The van der Waals surface area contributed by atoms with E-state index >= 15 is 0 Å². The fourth-order valence-corrected chi connectivity index (χ4v) is 2.46. The molecule has 0 saturated carbocycles. The van der Waals surface area contributed by atoms with Crippen molar-refractivity contribution < 1.29 is 0 Å². The van der Waals surface area contributed by atoms with Crippen molar-refractivity contribution in [1.82, 2.24) is 34.5 Å². The standard InChI is InChI=1S/C15H22N8/c1-15(2,3)23-14-11(8-20-23)13(17-9-18-14)16-7-5-6-12-21-19-10-22(12)4/h8-10H,5-7H2,1-4H3,(H,16,17,18). The number of aromatic nitrogens is 7. The van der Waals surface area contributed by atoms with Gasteiger partial charge >= 0.3 is 0 Å². The van der Waals surface area contributed by atoms with Crippen molar-refractivity contribution in [2.75, 3.05) is 11.9 Å². The Balaban J connectivity index is 1.69. The topological polar surface area (TPSA) is 86.3 Å². The molecule has 0 radical (unpaired) electrons. The van der Waals surface area contributed by atoms with Crippen molar-refractivity contribution in [3.63, 3.8) is 0 Å². The van der Waals surface area contributed by atoms with E-state index in [0.29, 0.717) is 0 Å². The van der Waals surface area contributed by atoms with Crippen molar-refractivity contribution in [2.45, 2.75) is 39.2 Å². The zero-order valence-electron chi connectivity index (χ0n) is 14.0. The summed E-state index contributed by atoms with van der Waals surface area (Å²) in [6.45, 7) is 7.13. The SMILES string of the molecule is Cn1cnnc1CCCNc1ncnc2c1cnn2C(C)(C)C. The Morgan fingerprint density at radius 2 is 2.04 bits per heavy atom. The molecule has 0 aliphatic heterocycles. The Kier molecular flexibility index (Phi) is 3.97. The minimum Gasteiger partial charge on any atom is -0.369 e. The molecule has 0 fully saturated rings. The lowest BCUT2D eigenvalue weighted by molar-refractivity contribution is 0.366. The summed E-state index contributed by atoms with van der Waals surface area (Å²) >= 11 is 0. The Morgan fingerprint density at radius 1 is 1.22 bits per heavy atom. The van der Waals surface area contributed by atoms with E-state index in [9.17, 15) is 0 Å². The average Bonchev–Trinajstić information content (AvgIpc) is 3.09. The maximum Gasteiger partial charge on any atom is 0.163 e. The van der Waals surface area contributed by atoms with Crippen LogP contribution in [0.15, 0.2) is 18.9 Å². The van der Waals surface area contributed by atoms with Crippen LogP contribution in [0.5, 0.6) is 0 Å². The molecule has 0 spiro atoms. The first-order valence-corrected chi connectivity index (χ1v) is 7.73.